The van der Waals surface area contributed by atoms with E-state index in [4.69, 9.17) is 11.6 Å². The second-order valence-corrected chi connectivity index (χ2v) is 5.20. The zero-order valence-electron chi connectivity index (χ0n) is 11.3. The highest BCUT2D eigenvalue weighted by Crippen LogP contribution is 2.32. The van der Waals surface area contributed by atoms with Crippen LogP contribution in [0.3, 0.4) is 0 Å². The average molecular weight is 292 g/mol. The van der Waals surface area contributed by atoms with E-state index in [0.717, 1.165) is 0 Å². The SMILES string of the molecule is CC(C)C(=O)Nc1cccc(-c2ccccc2Cl)c1F. The van der Waals surface area contributed by atoms with Crippen LogP contribution in [0.5, 0.6) is 0 Å². The summed E-state index contributed by atoms with van der Waals surface area (Å²) in [7, 11) is 0. The van der Waals surface area contributed by atoms with Crippen molar-refractivity contribution >= 4 is 23.2 Å². The van der Waals surface area contributed by atoms with Crippen molar-refractivity contribution in [2.75, 3.05) is 5.32 Å². The van der Waals surface area contributed by atoms with Crippen molar-refractivity contribution in [3.05, 3.63) is 53.3 Å². The Morgan fingerprint density at radius 3 is 2.40 bits per heavy atom. The van der Waals surface area contributed by atoms with Gasteiger partial charge in [-0.3, -0.25) is 4.79 Å². The molecule has 0 aliphatic heterocycles. The van der Waals surface area contributed by atoms with E-state index in [1.54, 1.807) is 50.2 Å². The summed E-state index contributed by atoms with van der Waals surface area (Å²) in [6.07, 6.45) is 0. The molecule has 20 heavy (non-hydrogen) atoms. The van der Waals surface area contributed by atoms with Gasteiger partial charge >= 0.3 is 0 Å². The van der Waals surface area contributed by atoms with Gasteiger partial charge in [0.25, 0.3) is 0 Å². The lowest BCUT2D eigenvalue weighted by molar-refractivity contribution is -0.118. The number of halogens is 2. The van der Waals surface area contributed by atoms with Crippen molar-refractivity contribution in [1.29, 1.82) is 0 Å². The molecule has 2 nitrogen and oxygen atoms in total. The summed E-state index contributed by atoms with van der Waals surface area (Å²) in [5, 5.41) is 3.05. The van der Waals surface area contributed by atoms with Crippen molar-refractivity contribution in [2.45, 2.75) is 13.8 Å². The Labute approximate surface area is 122 Å². The Morgan fingerprint density at radius 2 is 1.75 bits per heavy atom. The molecule has 0 fully saturated rings. The van der Waals surface area contributed by atoms with E-state index in [2.05, 4.69) is 5.32 Å². The lowest BCUT2D eigenvalue weighted by Crippen LogP contribution is -2.18. The second kappa shape index (κ2) is 6.06. The van der Waals surface area contributed by atoms with E-state index in [9.17, 15) is 9.18 Å². The van der Waals surface area contributed by atoms with Crippen LogP contribution in [-0.2, 0) is 4.79 Å². The summed E-state index contributed by atoms with van der Waals surface area (Å²) in [5.41, 5.74) is 1.14. The van der Waals surface area contributed by atoms with Crippen LogP contribution in [0.15, 0.2) is 42.5 Å². The zero-order chi connectivity index (χ0) is 14.7. The normalized spacial score (nSPS) is 10.7. The molecule has 2 aromatic rings. The predicted octanol–water partition coefficient (Wildman–Crippen LogP) is 4.74. The van der Waals surface area contributed by atoms with E-state index in [1.165, 1.54) is 6.07 Å². The largest absolute Gasteiger partial charge is 0.323 e. The number of carbonyl (C=O) groups excluding carboxylic acids is 1. The lowest BCUT2D eigenvalue weighted by atomic mass is 10.0. The van der Waals surface area contributed by atoms with E-state index in [0.29, 0.717) is 16.1 Å². The summed E-state index contributed by atoms with van der Waals surface area (Å²) >= 11 is 6.09. The summed E-state index contributed by atoms with van der Waals surface area (Å²) in [6.45, 7) is 3.51. The third-order valence-corrected chi connectivity index (χ3v) is 3.27. The molecule has 0 aromatic heterocycles. The maximum absolute atomic E-state index is 14.5. The highest BCUT2D eigenvalue weighted by molar-refractivity contribution is 6.33. The van der Waals surface area contributed by atoms with Crippen LogP contribution in [0.1, 0.15) is 13.8 Å². The number of rotatable bonds is 3. The number of nitrogens with one attached hydrogen (secondary N) is 1. The maximum Gasteiger partial charge on any atom is 0.227 e. The van der Waals surface area contributed by atoms with Crippen LogP contribution in [0.4, 0.5) is 10.1 Å². The fraction of sp³-hybridized carbons (Fsp3) is 0.188. The van der Waals surface area contributed by atoms with Crippen LogP contribution in [-0.4, -0.2) is 5.91 Å². The Bertz CT molecular complexity index is 640. The Hall–Kier alpha value is -1.87. The van der Waals surface area contributed by atoms with E-state index in [-0.39, 0.29) is 17.5 Å². The molecule has 0 radical (unpaired) electrons. The van der Waals surface area contributed by atoms with Gasteiger partial charge in [0.05, 0.1) is 5.69 Å². The Kier molecular flexibility index (Phi) is 4.40. The highest BCUT2D eigenvalue weighted by Gasteiger charge is 2.15. The minimum Gasteiger partial charge on any atom is -0.323 e. The summed E-state index contributed by atoms with van der Waals surface area (Å²) in [6, 6.07) is 11.9. The fourth-order valence-corrected chi connectivity index (χ4v) is 2.03. The third kappa shape index (κ3) is 2.99. The number of hydrogen-bond acceptors (Lipinski definition) is 1. The van der Waals surface area contributed by atoms with E-state index in [1.807, 2.05) is 0 Å². The highest BCUT2D eigenvalue weighted by atomic mass is 35.5. The van der Waals surface area contributed by atoms with Gasteiger partial charge in [0, 0.05) is 22.1 Å². The molecule has 0 bridgehead atoms. The molecule has 104 valence electrons. The summed E-state index contributed by atoms with van der Waals surface area (Å²) in [5.74, 6) is -0.909. The summed E-state index contributed by atoms with van der Waals surface area (Å²) < 4.78 is 14.5. The van der Waals surface area contributed by atoms with Gasteiger partial charge in [-0.25, -0.2) is 4.39 Å². The molecule has 0 atom stereocenters. The molecule has 0 saturated carbocycles. The van der Waals surface area contributed by atoms with E-state index < -0.39 is 5.82 Å². The van der Waals surface area contributed by atoms with Crippen LogP contribution in [0, 0.1) is 11.7 Å². The molecule has 0 heterocycles. The molecule has 2 rings (SSSR count). The minimum atomic E-state index is -0.477. The second-order valence-electron chi connectivity index (χ2n) is 4.79. The van der Waals surface area contributed by atoms with Crippen molar-refractivity contribution in [3.63, 3.8) is 0 Å². The molecule has 2 aromatic carbocycles. The van der Waals surface area contributed by atoms with Crippen LogP contribution in [0.25, 0.3) is 11.1 Å². The van der Waals surface area contributed by atoms with Gasteiger partial charge < -0.3 is 5.32 Å². The smallest absolute Gasteiger partial charge is 0.227 e. The van der Waals surface area contributed by atoms with Crippen molar-refractivity contribution in [2.24, 2.45) is 5.92 Å². The zero-order valence-corrected chi connectivity index (χ0v) is 12.0. The van der Waals surface area contributed by atoms with Gasteiger partial charge in [-0.1, -0.05) is 55.8 Å². The minimum absolute atomic E-state index is 0.168. The molecule has 0 aliphatic rings. The molecule has 0 unspecified atom stereocenters. The van der Waals surface area contributed by atoms with Gasteiger partial charge in [0.2, 0.25) is 5.91 Å². The van der Waals surface area contributed by atoms with Gasteiger partial charge in [-0.15, -0.1) is 0 Å². The van der Waals surface area contributed by atoms with Gasteiger partial charge in [0.15, 0.2) is 5.82 Å². The first kappa shape index (κ1) is 14.5. The van der Waals surface area contributed by atoms with Crippen LogP contribution in [0.2, 0.25) is 5.02 Å². The quantitative estimate of drug-likeness (QED) is 0.869. The van der Waals surface area contributed by atoms with E-state index >= 15 is 0 Å². The van der Waals surface area contributed by atoms with Gasteiger partial charge in [0.1, 0.15) is 0 Å². The average Bonchev–Trinajstić information content (AvgIpc) is 2.42. The molecule has 1 N–H and O–H groups in total. The molecule has 1 amide bonds. The monoisotopic (exact) mass is 291 g/mol. The van der Waals surface area contributed by atoms with Crippen LogP contribution < -0.4 is 5.32 Å². The maximum atomic E-state index is 14.5. The Morgan fingerprint density at radius 1 is 1.10 bits per heavy atom. The number of carbonyl (C=O) groups is 1. The fourth-order valence-electron chi connectivity index (χ4n) is 1.79. The number of anilines is 1. The van der Waals surface area contributed by atoms with Gasteiger partial charge in [-0.2, -0.15) is 0 Å². The van der Waals surface area contributed by atoms with Crippen LogP contribution >= 0.6 is 11.6 Å². The number of amides is 1. The van der Waals surface area contributed by atoms with Crippen molar-refractivity contribution in [3.8, 4) is 11.1 Å². The molecule has 0 saturated heterocycles. The predicted molar refractivity (Wildman–Crippen MR) is 80.3 cm³/mol. The molecule has 0 aliphatic carbocycles. The molecule has 4 heteroatoms. The molecule has 0 spiro atoms. The topological polar surface area (TPSA) is 29.1 Å². The van der Waals surface area contributed by atoms with Crippen molar-refractivity contribution < 1.29 is 9.18 Å². The standard InChI is InChI=1S/C16H15ClFNO/c1-10(2)16(20)19-14-9-5-7-12(15(14)18)11-6-3-4-8-13(11)17/h3-10H,1-2H3,(H,19,20). The van der Waals surface area contributed by atoms with Gasteiger partial charge in [-0.05, 0) is 12.1 Å². The lowest BCUT2D eigenvalue weighted by Gasteiger charge is -2.12. The molecular weight excluding hydrogens is 277 g/mol. The molecular formula is C16H15ClFNO. The first-order valence-corrected chi connectivity index (χ1v) is 6.72. The summed E-state index contributed by atoms with van der Waals surface area (Å²) in [4.78, 5) is 11.7. The number of benzene rings is 2. The third-order valence-electron chi connectivity index (χ3n) is 2.94. The number of hydrogen-bond donors (Lipinski definition) is 1. The first-order chi connectivity index (χ1) is 9.50. The Balaban J connectivity index is 2.43. The van der Waals surface area contributed by atoms with Crippen molar-refractivity contribution in [1.82, 2.24) is 0 Å². The first-order valence-electron chi connectivity index (χ1n) is 6.35.